The van der Waals surface area contributed by atoms with Gasteiger partial charge in [-0.3, -0.25) is 0 Å². The minimum absolute atomic E-state index is 0.0547. The van der Waals surface area contributed by atoms with E-state index in [1.54, 1.807) is 0 Å². The zero-order valence-electron chi connectivity index (χ0n) is 37.7. The smallest absolute Gasteiger partial charge is 0.198 e. The van der Waals surface area contributed by atoms with Gasteiger partial charge in [-0.1, -0.05) is 140 Å². The summed E-state index contributed by atoms with van der Waals surface area (Å²) in [5, 5.41) is 11.4. The standard InChI is InChI=1S/C59H49BN2OS/c1-57(2,3)32-17-20-34(21-18-32)61-47-29-41-35-22-19-33(58(4,5)6)27-44(35)59(7,8)45(41)28-42(47)38-23-24-40-53-48(26-25-39-36-13-9-11-15-50(36)63-56(39)53)62-49-30-43-37-14-10-12-16-51(37)64-52(43)31-46(49)60-54(38)55(40)62/h9-31,60-61H,1-8H3. The maximum absolute atomic E-state index is 6.84. The molecule has 3 aromatic heterocycles. The first kappa shape index (κ1) is 38.0. The van der Waals surface area contributed by atoms with E-state index < -0.39 is 0 Å². The summed E-state index contributed by atoms with van der Waals surface area (Å²) in [6.45, 7) is 18.6. The van der Waals surface area contributed by atoms with Gasteiger partial charge in [-0.15, -0.1) is 11.3 Å². The maximum Gasteiger partial charge on any atom is 0.198 e. The van der Waals surface area contributed by atoms with Crippen molar-refractivity contribution in [2.24, 2.45) is 0 Å². The molecule has 3 nitrogen and oxygen atoms in total. The van der Waals surface area contributed by atoms with E-state index in [1.807, 2.05) is 11.3 Å². The Balaban J connectivity index is 1.11. The molecule has 0 bridgehead atoms. The Morgan fingerprint density at radius 1 is 0.578 bits per heavy atom. The number of hydrogen-bond acceptors (Lipinski definition) is 3. The molecule has 0 fully saturated rings. The number of anilines is 2. The van der Waals surface area contributed by atoms with Crippen molar-refractivity contribution in [2.75, 3.05) is 5.32 Å². The topological polar surface area (TPSA) is 30.1 Å². The van der Waals surface area contributed by atoms with Gasteiger partial charge in [0.1, 0.15) is 11.2 Å². The summed E-state index contributed by atoms with van der Waals surface area (Å²) in [4.78, 5) is 0. The number of aromatic nitrogens is 1. The molecule has 1 aliphatic heterocycles. The van der Waals surface area contributed by atoms with Crippen LogP contribution in [0.3, 0.4) is 0 Å². The Bertz CT molecular complexity index is 3830. The molecule has 11 aromatic rings. The zero-order chi connectivity index (χ0) is 43.6. The number of para-hydroxylation sites is 1. The van der Waals surface area contributed by atoms with E-state index in [-0.39, 0.29) is 16.2 Å². The second kappa shape index (κ2) is 12.8. The summed E-state index contributed by atoms with van der Waals surface area (Å²) < 4.78 is 12.1. The molecule has 1 N–H and O–H groups in total. The van der Waals surface area contributed by atoms with Crippen molar-refractivity contribution in [1.29, 1.82) is 0 Å². The summed E-state index contributed by atoms with van der Waals surface area (Å²) >= 11 is 1.90. The molecular weight excluding hydrogens is 796 g/mol. The first-order valence-corrected chi connectivity index (χ1v) is 23.6. The number of hydrogen-bond donors (Lipinski definition) is 1. The zero-order valence-corrected chi connectivity index (χ0v) is 38.6. The van der Waals surface area contributed by atoms with Crippen molar-refractivity contribution < 1.29 is 4.42 Å². The van der Waals surface area contributed by atoms with E-state index >= 15 is 0 Å². The predicted octanol–water partition coefficient (Wildman–Crippen LogP) is 15.1. The van der Waals surface area contributed by atoms with E-state index in [0.29, 0.717) is 0 Å². The molecule has 0 unspecified atom stereocenters. The van der Waals surface area contributed by atoms with Gasteiger partial charge in [0.25, 0.3) is 0 Å². The molecule has 4 heterocycles. The van der Waals surface area contributed by atoms with Gasteiger partial charge in [0.2, 0.25) is 0 Å². The Labute approximate surface area is 378 Å². The average Bonchev–Trinajstić information content (AvgIpc) is 3.99. The van der Waals surface area contributed by atoms with E-state index in [9.17, 15) is 0 Å². The van der Waals surface area contributed by atoms with Crippen molar-refractivity contribution in [3.63, 3.8) is 0 Å². The third-order valence-corrected chi connectivity index (χ3v) is 15.9. The highest BCUT2D eigenvalue weighted by atomic mass is 32.1. The van der Waals surface area contributed by atoms with Crippen LogP contribution in [0.5, 0.6) is 0 Å². The lowest BCUT2D eigenvalue weighted by Crippen LogP contribution is -2.37. The molecule has 0 radical (unpaired) electrons. The van der Waals surface area contributed by atoms with Crippen LogP contribution in [-0.2, 0) is 16.2 Å². The van der Waals surface area contributed by atoms with Crippen molar-refractivity contribution in [2.45, 2.75) is 71.6 Å². The van der Waals surface area contributed by atoms with Crippen LogP contribution in [0.1, 0.15) is 77.6 Å². The summed E-state index contributed by atoms with van der Waals surface area (Å²) in [7, 11) is 0.821. The first-order chi connectivity index (χ1) is 30.7. The fourth-order valence-electron chi connectivity index (χ4n) is 11.2. The molecule has 0 spiro atoms. The quantitative estimate of drug-likeness (QED) is 0.180. The van der Waals surface area contributed by atoms with Gasteiger partial charge in [-0.2, -0.15) is 0 Å². The molecule has 310 valence electrons. The van der Waals surface area contributed by atoms with Crippen molar-refractivity contribution in [1.82, 2.24) is 4.57 Å². The number of nitrogens with one attached hydrogen (secondary N) is 1. The van der Waals surface area contributed by atoms with Gasteiger partial charge in [0, 0.05) is 69.9 Å². The van der Waals surface area contributed by atoms with Crippen molar-refractivity contribution in [3.8, 4) is 27.9 Å². The van der Waals surface area contributed by atoms with Gasteiger partial charge < -0.3 is 14.3 Å². The summed E-state index contributed by atoms with van der Waals surface area (Å²) in [6.07, 6.45) is 0. The maximum atomic E-state index is 6.84. The highest BCUT2D eigenvalue weighted by Crippen LogP contribution is 2.53. The highest BCUT2D eigenvalue weighted by molar-refractivity contribution is 7.26. The largest absolute Gasteiger partial charge is 0.455 e. The molecule has 0 amide bonds. The molecule has 0 saturated heterocycles. The minimum Gasteiger partial charge on any atom is -0.455 e. The molecule has 13 rings (SSSR count). The van der Waals surface area contributed by atoms with Gasteiger partial charge >= 0.3 is 0 Å². The summed E-state index contributed by atoms with van der Waals surface area (Å²) in [5.41, 5.74) is 21.0. The van der Waals surface area contributed by atoms with Crippen LogP contribution >= 0.6 is 11.3 Å². The Morgan fingerprint density at radius 3 is 2.08 bits per heavy atom. The fraction of sp³-hybridized carbons (Fsp3) is 0.186. The van der Waals surface area contributed by atoms with Crippen LogP contribution in [0.2, 0.25) is 0 Å². The summed E-state index contributed by atoms with van der Waals surface area (Å²) in [6, 6.07) is 52.9. The Morgan fingerprint density at radius 2 is 1.28 bits per heavy atom. The number of nitrogens with zero attached hydrogens (tertiary/aromatic N) is 1. The van der Waals surface area contributed by atoms with Gasteiger partial charge in [-0.25, -0.2) is 0 Å². The highest BCUT2D eigenvalue weighted by Gasteiger charge is 2.38. The molecule has 8 aromatic carbocycles. The third-order valence-electron chi connectivity index (χ3n) is 14.7. The van der Waals surface area contributed by atoms with E-state index in [0.717, 1.165) is 40.6 Å². The average molecular weight is 845 g/mol. The molecule has 2 aliphatic rings. The molecule has 64 heavy (non-hydrogen) atoms. The number of fused-ring (bicyclic) bond motifs is 15. The van der Waals surface area contributed by atoms with Gasteiger partial charge in [0.15, 0.2) is 7.28 Å². The lowest BCUT2D eigenvalue weighted by Gasteiger charge is -2.27. The van der Waals surface area contributed by atoms with Crippen LogP contribution in [0.25, 0.3) is 91.9 Å². The SMILES string of the molecule is CC(C)(C)c1ccc(Nc2cc3c(cc2-c2ccc4c5c6oc7ccccc7c6ccc5n5c4c2Bc2cc4sc6ccccc6c4cc2-5)C(C)(C)c2cc(C(C)(C)C)ccc2-3)cc1. The van der Waals surface area contributed by atoms with Gasteiger partial charge in [0.05, 0.1) is 10.9 Å². The van der Waals surface area contributed by atoms with Crippen LogP contribution in [0.4, 0.5) is 11.4 Å². The van der Waals surface area contributed by atoms with E-state index in [2.05, 4.69) is 205 Å². The monoisotopic (exact) mass is 844 g/mol. The lowest BCUT2D eigenvalue weighted by atomic mass is 9.59. The number of rotatable bonds is 3. The minimum atomic E-state index is -0.184. The lowest BCUT2D eigenvalue weighted by molar-refractivity contribution is 0.584. The third kappa shape index (κ3) is 5.28. The van der Waals surface area contributed by atoms with Gasteiger partial charge in [-0.05, 0) is 116 Å². The number of thiophene rings is 1. The van der Waals surface area contributed by atoms with Crippen LogP contribution < -0.4 is 16.2 Å². The van der Waals surface area contributed by atoms with E-state index in [1.165, 1.54) is 103 Å². The number of furan rings is 1. The van der Waals surface area contributed by atoms with E-state index in [4.69, 9.17) is 4.42 Å². The van der Waals surface area contributed by atoms with Crippen molar-refractivity contribution >= 4 is 105 Å². The Hall–Kier alpha value is -6.56. The van der Waals surface area contributed by atoms with Crippen molar-refractivity contribution in [3.05, 3.63) is 162 Å². The van der Waals surface area contributed by atoms with Crippen LogP contribution in [-0.4, -0.2) is 11.8 Å². The molecule has 1 aliphatic carbocycles. The van der Waals surface area contributed by atoms with Crippen LogP contribution in [0.15, 0.2) is 144 Å². The normalized spacial score (nSPS) is 14.2. The molecule has 0 atom stereocenters. The fourth-order valence-corrected chi connectivity index (χ4v) is 12.4. The summed E-state index contributed by atoms with van der Waals surface area (Å²) in [5.74, 6) is 0. The number of benzene rings is 8. The molecule has 0 saturated carbocycles. The second-order valence-corrected chi connectivity index (χ2v) is 22.1. The molecular formula is C59H49BN2OS. The second-order valence-electron chi connectivity index (χ2n) is 21.0. The Kier molecular flexibility index (Phi) is 7.59. The first-order valence-electron chi connectivity index (χ1n) is 22.8. The predicted molar refractivity (Wildman–Crippen MR) is 277 cm³/mol. The molecule has 5 heteroatoms. The van der Waals surface area contributed by atoms with Crippen LogP contribution in [0, 0.1) is 0 Å².